The number of fused-ring (bicyclic) bond motifs is 2. The molecule has 134 valence electrons. The van der Waals surface area contributed by atoms with Crippen LogP contribution in [-0.4, -0.2) is 64.9 Å². The first-order valence-electron chi connectivity index (χ1n) is 8.66. The Labute approximate surface area is 147 Å². The highest BCUT2D eigenvalue weighted by Gasteiger charge is 2.56. The van der Waals surface area contributed by atoms with Crippen LogP contribution in [0.25, 0.3) is 0 Å². The predicted octanol–water partition coefficient (Wildman–Crippen LogP) is 0.482. The van der Waals surface area contributed by atoms with Crippen LogP contribution in [0.4, 0.5) is 4.79 Å². The number of nitrogens with zero attached hydrogens (tertiary/aromatic N) is 2. The number of imide groups is 1. The maximum Gasteiger partial charge on any atom is 0.325 e. The number of carbonyl (C=O) groups is 3. The quantitative estimate of drug-likeness (QED) is 0.721. The Hall–Kier alpha value is -1.34. The molecule has 3 unspecified atom stereocenters. The van der Waals surface area contributed by atoms with Gasteiger partial charge in [0.1, 0.15) is 12.1 Å². The van der Waals surface area contributed by atoms with Gasteiger partial charge < -0.3 is 15.5 Å². The summed E-state index contributed by atoms with van der Waals surface area (Å²) in [4.78, 5) is 40.7. The van der Waals surface area contributed by atoms with Crippen molar-refractivity contribution in [1.82, 2.24) is 20.4 Å². The van der Waals surface area contributed by atoms with Gasteiger partial charge in [0.2, 0.25) is 5.91 Å². The molecule has 8 heteroatoms. The number of amides is 4. The topological polar surface area (TPSA) is 81.8 Å². The summed E-state index contributed by atoms with van der Waals surface area (Å²) in [7, 11) is 0. The van der Waals surface area contributed by atoms with Crippen LogP contribution in [0.15, 0.2) is 0 Å². The molecule has 1 saturated carbocycles. The van der Waals surface area contributed by atoms with E-state index in [0.29, 0.717) is 0 Å². The van der Waals surface area contributed by atoms with Crippen LogP contribution in [0.3, 0.4) is 0 Å². The van der Waals surface area contributed by atoms with Crippen LogP contribution >= 0.6 is 12.4 Å². The fourth-order valence-electron chi connectivity index (χ4n) is 4.40. The third kappa shape index (κ3) is 2.67. The number of halogens is 1. The average molecular weight is 357 g/mol. The Morgan fingerprint density at radius 3 is 2.58 bits per heavy atom. The van der Waals surface area contributed by atoms with Gasteiger partial charge in [-0.05, 0) is 51.5 Å². The van der Waals surface area contributed by atoms with E-state index in [9.17, 15) is 14.4 Å². The normalized spacial score (nSPS) is 35.5. The Morgan fingerprint density at radius 2 is 1.88 bits per heavy atom. The van der Waals surface area contributed by atoms with Gasteiger partial charge in [-0.3, -0.25) is 14.5 Å². The lowest BCUT2D eigenvalue weighted by Crippen LogP contribution is -2.49. The molecule has 3 atom stereocenters. The molecule has 4 rings (SSSR count). The zero-order chi connectivity index (χ0) is 16.2. The van der Waals surface area contributed by atoms with Gasteiger partial charge in [-0.25, -0.2) is 4.79 Å². The number of carbonyl (C=O) groups excluding carboxylic acids is 3. The zero-order valence-electron chi connectivity index (χ0n) is 13.9. The van der Waals surface area contributed by atoms with Gasteiger partial charge in [0.05, 0.1) is 0 Å². The van der Waals surface area contributed by atoms with E-state index in [2.05, 4.69) is 10.6 Å². The summed E-state index contributed by atoms with van der Waals surface area (Å²) in [5.74, 6) is -0.110. The van der Waals surface area contributed by atoms with Gasteiger partial charge in [-0.2, -0.15) is 0 Å². The van der Waals surface area contributed by atoms with Gasteiger partial charge in [-0.15, -0.1) is 12.4 Å². The molecule has 1 aliphatic carbocycles. The highest BCUT2D eigenvalue weighted by molar-refractivity contribution is 6.09. The molecule has 0 aromatic carbocycles. The van der Waals surface area contributed by atoms with Gasteiger partial charge >= 0.3 is 6.03 Å². The molecule has 7 nitrogen and oxygen atoms in total. The van der Waals surface area contributed by atoms with E-state index < -0.39 is 11.6 Å². The van der Waals surface area contributed by atoms with E-state index in [1.807, 2.05) is 4.90 Å². The maximum atomic E-state index is 12.8. The van der Waals surface area contributed by atoms with E-state index in [1.165, 1.54) is 0 Å². The molecule has 2 N–H and O–H groups in total. The van der Waals surface area contributed by atoms with Gasteiger partial charge in [0.15, 0.2) is 0 Å². The number of urea groups is 1. The summed E-state index contributed by atoms with van der Waals surface area (Å²) in [5.41, 5.74) is -0.809. The van der Waals surface area contributed by atoms with Gasteiger partial charge in [0, 0.05) is 18.6 Å². The summed E-state index contributed by atoms with van der Waals surface area (Å²) in [6.45, 7) is 3.39. The fraction of sp³-hybridized carbons (Fsp3) is 0.812. The second kappa shape index (κ2) is 6.19. The predicted molar refractivity (Wildman–Crippen MR) is 89.8 cm³/mol. The smallest absolute Gasteiger partial charge is 0.325 e. The molecule has 4 aliphatic rings. The molecule has 3 aliphatic heterocycles. The fourth-order valence-corrected chi connectivity index (χ4v) is 4.40. The molecule has 3 heterocycles. The molecule has 4 amide bonds. The molecule has 0 aromatic heterocycles. The zero-order valence-corrected chi connectivity index (χ0v) is 14.7. The molecular weight excluding hydrogens is 332 g/mol. The summed E-state index contributed by atoms with van der Waals surface area (Å²) in [5, 5.41) is 6.16. The SMILES string of the molecule is CC1(C2CC2)NC(=O)N(CC(=O)N2C3CCNCC2CC3)C1=O.Cl. The molecule has 24 heavy (non-hydrogen) atoms. The van der Waals surface area contributed by atoms with Crippen LogP contribution in [-0.2, 0) is 9.59 Å². The Morgan fingerprint density at radius 1 is 1.17 bits per heavy atom. The highest BCUT2D eigenvalue weighted by Crippen LogP contribution is 2.42. The lowest BCUT2D eigenvalue weighted by atomic mass is 9.96. The summed E-state index contributed by atoms with van der Waals surface area (Å²) in [6, 6.07) is 0.0294. The molecule has 4 fully saturated rings. The van der Waals surface area contributed by atoms with Gasteiger partial charge in [-0.1, -0.05) is 0 Å². The summed E-state index contributed by atoms with van der Waals surface area (Å²) >= 11 is 0. The number of hydrogen-bond donors (Lipinski definition) is 2. The first-order chi connectivity index (χ1) is 11.0. The van der Waals surface area contributed by atoms with E-state index in [4.69, 9.17) is 0 Å². The van der Waals surface area contributed by atoms with Crippen molar-refractivity contribution in [2.24, 2.45) is 5.92 Å². The Bertz CT molecular complexity index is 554. The van der Waals surface area contributed by atoms with Crippen LogP contribution in [0, 0.1) is 5.92 Å². The Kier molecular flexibility index (Phi) is 4.51. The van der Waals surface area contributed by atoms with Crippen molar-refractivity contribution in [3.05, 3.63) is 0 Å². The number of hydrogen-bond acceptors (Lipinski definition) is 4. The highest BCUT2D eigenvalue weighted by atomic mass is 35.5. The van der Waals surface area contributed by atoms with E-state index in [-0.39, 0.29) is 48.8 Å². The van der Waals surface area contributed by atoms with Crippen molar-refractivity contribution in [3.63, 3.8) is 0 Å². The van der Waals surface area contributed by atoms with Crippen molar-refractivity contribution in [3.8, 4) is 0 Å². The van der Waals surface area contributed by atoms with Crippen molar-refractivity contribution in [2.75, 3.05) is 19.6 Å². The lowest BCUT2D eigenvalue weighted by Gasteiger charge is -2.29. The van der Waals surface area contributed by atoms with Crippen molar-refractivity contribution >= 4 is 30.3 Å². The largest absolute Gasteiger partial charge is 0.334 e. The van der Waals surface area contributed by atoms with Crippen molar-refractivity contribution in [1.29, 1.82) is 0 Å². The number of rotatable bonds is 3. The van der Waals surface area contributed by atoms with Gasteiger partial charge in [0.25, 0.3) is 5.91 Å². The summed E-state index contributed by atoms with van der Waals surface area (Å²) < 4.78 is 0. The maximum absolute atomic E-state index is 12.8. The minimum Gasteiger partial charge on any atom is -0.334 e. The van der Waals surface area contributed by atoms with Crippen molar-refractivity contribution in [2.45, 2.75) is 56.7 Å². The van der Waals surface area contributed by atoms with Crippen LogP contribution in [0.5, 0.6) is 0 Å². The van der Waals surface area contributed by atoms with Crippen LogP contribution < -0.4 is 10.6 Å². The van der Waals surface area contributed by atoms with E-state index >= 15 is 0 Å². The van der Waals surface area contributed by atoms with E-state index in [1.54, 1.807) is 6.92 Å². The molecule has 0 spiro atoms. The first-order valence-corrected chi connectivity index (χ1v) is 8.66. The van der Waals surface area contributed by atoms with Crippen LogP contribution in [0.1, 0.15) is 39.0 Å². The lowest BCUT2D eigenvalue weighted by molar-refractivity contribution is -0.140. The molecule has 2 bridgehead atoms. The molecular formula is C16H25ClN4O3. The average Bonchev–Trinajstić information content (AvgIpc) is 3.26. The number of nitrogens with one attached hydrogen (secondary N) is 2. The Balaban J connectivity index is 0.00000169. The first kappa shape index (κ1) is 17.5. The third-order valence-electron chi connectivity index (χ3n) is 5.93. The third-order valence-corrected chi connectivity index (χ3v) is 5.93. The second-order valence-electron chi connectivity index (χ2n) is 7.48. The van der Waals surface area contributed by atoms with Crippen LogP contribution in [0.2, 0.25) is 0 Å². The molecule has 3 saturated heterocycles. The molecule has 0 aromatic rings. The minimum absolute atomic E-state index is 0. The molecule has 0 radical (unpaired) electrons. The monoisotopic (exact) mass is 356 g/mol. The second-order valence-corrected chi connectivity index (χ2v) is 7.48. The standard InChI is InChI=1S/C16H24N4O3.ClH/c1-16(10-2-3-10)14(22)19(15(23)18-16)9-13(21)20-11-4-5-12(20)8-17-7-6-11;/h10-12,17H,2-9H2,1H3,(H,18,23);1H. The van der Waals surface area contributed by atoms with E-state index in [0.717, 1.165) is 50.1 Å². The summed E-state index contributed by atoms with van der Waals surface area (Å²) in [6.07, 6.45) is 4.90. The van der Waals surface area contributed by atoms with Crippen molar-refractivity contribution < 1.29 is 14.4 Å². The minimum atomic E-state index is -0.809.